The van der Waals surface area contributed by atoms with Gasteiger partial charge in [0.25, 0.3) is 0 Å². The van der Waals surface area contributed by atoms with Crippen LogP contribution in [0.4, 0.5) is 0 Å². The number of aliphatic hydroxyl groups is 2. The second-order valence-electron chi connectivity index (χ2n) is 6.71. The van der Waals surface area contributed by atoms with Crippen molar-refractivity contribution in [2.45, 2.75) is 50.3 Å². The topological polar surface area (TPSA) is 126 Å². The van der Waals surface area contributed by atoms with Crippen LogP contribution in [0.3, 0.4) is 0 Å². The molecule has 0 unspecified atom stereocenters. The van der Waals surface area contributed by atoms with Gasteiger partial charge in [-0.25, -0.2) is 4.79 Å². The first kappa shape index (κ1) is 19.3. The minimum absolute atomic E-state index is 0.00568. The van der Waals surface area contributed by atoms with Crippen molar-refractivity contribution in [3.8, 4) is 11.5 Å². The fourth-order valence-corrected chi connectivity index (χ4v) is 3.10. The number of hydrogen-bond donors (Lipinski definition) is 3. The number of rotatable bonds is 1. The Balaban J connectivity index is 1.98. The van der Waals surface area contributed by atoms with E-state index in [2.05, 4.69) is 0 Å². The summed E-state index contributed by atoms with van der Waals surface area (Å²) in [5.74, 6) is -1.31. The molecule has 0 amide bonds. The largest absolute Gasteiger partial charge is 0.507 e. The van der Waals surface area contributed by atoms with Gasteiger partial charge in [-0.05, 0) is 19.1 Å². The van der Waals surface area contributed by atoms with Crippen LogP contribution in [0.5, 0.6) is 11.5 Å². The van der Waals surface area contributed by atoms with Crippen molar-refractivity contribution in [3.05, 3.63) is 35.4 Å². The molecular formula is C19H22O8. The Bertz CT molecular complexity index is 771. The first-order valence-corrected chi connectivity index (χ1v) is 8.65. The van der Waals surface area contributed by atoms with Gasteiger partial charge < -0.3 is 29.5 Å². The number of phenolic OH excluding ortho intramolecular Hbond substituents is 1. The molecule has 0 aliphatic carbocycles. The third-order valence-electron chi connectivity index (χ3n) is 4.64. The molecule has 8 nitrogen and oxygen atoms in total. The maximum Gasteiger partial charge on any atom is 0.342 e. The van der Waals surface area contributed by atoms with E-state index < -0.39 is 42.3 Å². The highest BCUT2D eigenvalue weighted by molar-refractivity contribution is 5.95. The average Bonchev–Trinajstić information content (AvgIpc) is 3.38. The normalized spacial score (nSPS) is 31.3. The summed E-state index contributed by atoms with van der Waals surface area (Å²) in [6, 6.07) is 2.87. The number of hydrogen-bond acceptors (Lipinski definition) is 8. The molecule has 0 aromatic heterocycles. The molecule has 0 bridgehead atoms. The Kier molecular flexibility index (Phi) is 5.50. The zero-order valence-corrected chi connectivity index (χ0v) is 15.0. The van der Waals surface area contributed by atoms with E-state index >= 15 is 0 Å². The summed E-state index contributed by atoms with van der Waals surface area (Å²) < 4.78 is 16.0. The van der Waals surface area contributed by atoms with Gasteiger partial charge in [-0.15, -0.1) is 0 Å². The van der Waals surface area contributed by atoms with E-state index in [-0.39, 0.29) is 24.2 Å². The lowest BCUT2D eigenvalue weighted by Gasteiger charge is -2.17. The number of benzene rings is 1. The van der Waals surface area contributed by atoms with Crippen molar-refractivity contribution in [1.82, 2.24) is 0 Å². The fraction of sp³-hybridized carbons (Fsp3) is 0.474. The van der Waals surface area contributed by atoms with Crippen LogP contribution in [0.25, 0.3) is 0 Å². The lowest BCUT2D eigenvalue weighted by Crippen LogP contribution is -2.34. The van der Waals surface area contributed by atoms with Gasteiger partial charge in [0.2, 0.25) is 0 Å². The van der Waals surface area contributed by atoms with Gasteiger partial charge in [-0.3, -0.25) is 4.79 Å². The first-order valence-electron chi connectivity index (χ1n) is 8.65. The maximum atomic E-state index is 12.6. The number of aromatic hydroxyl groups is 1. The molecule has 2 heterocycles. The highest BCUT2D eigenvalue weighted by atomic mass is 16.6. The summed E-state index contributed by atoms with van der Waals surface area (Å²) in [4.78, 5) is 24.5. The number of carbonyl (C=O) groups is 2. The van der Waals surface area contributed by atoms with Crippen molar-refractivity contribution < 1.29 is 39.1 Å². The van der Waals surface area contributed by atoms with Crippen LogP contribution < -0.4 is 4.74 Å². The monoisotopic (exact) mass is 378 g/mol. The maximum absolute atomic E-state index is 12.6. The first-order chi connectivity index (χ1) is 12.8. The molecule has 1 aromatic rings. The number of epoxide rings is 1. The zero-order chi connectivity index (χ0) is 19.7. The van der Waals surface area contributed by atoms with Crippen LogP contribution in [-0.2, 0) is 14.3 Å². The molecule has 5 atom stereocenters. The lowest BCUT2D eigenvalue weighted by molar-refractivity contribution is -0.128. The van der Waals surface area contributed by atoms with E-state index in [1.54, 1.807) is 13.0 Å². The van der Waals surface area contributed by atoms with Crippen LogP contribution in [0.1, 0.15) is 41.8 Å². The van der Waals surface area contributed by atoms with Crippen molar-refractivity contribution >= 4 is 11.8 Å². The Morgan fingerprint density at radius 1 is 1.22 bits per heavy atom. The number of cyclic esters (lactones) is 1. The van der Waals surface area contributed by atoms with E-state index in [0.29, 0.717) is 11.3 Å². The van der Waals surface area contributed by atoms with Crippen LogP contribution in [0, 0.1) is 0 Å². The van der Waals surface area contributed by atoms with Gasteiger partial charge in [0.15, 0.2) is 5.78 Å². The van der Waals surface area contributed by atoms with E-state index in [0.717, 1.165) is 6.08 Å². The highest BCUT2D eigenvalue weighted by Crippen LogP contribution is 2.46. The number of phenols is 1. The van der Waals surface area contributed by atoms with Crippen LogP contribution in [-0.4, -0.2) is 58.6 Å². The smallest absolute Gasteiger partial charge is 0.342 e. The molecule has 2 aliphatic heterocycles. The Morgan fingerprint density at radius 2 is 1.96 bits per heavy atom. The van der Waals surface area contributed by atoms with Crippen molar-refractivity contribution in [2.24, 2.45) is 0 Å². The van der Waals surface area contributed by atoms with Crippen molar-refractivity contribution in [1.29, 1.82) is 0 Å². The summed E-state index contributed by atoms with van der Waals surface area (Å²) in [5.41, 5.74) is 0.344. The van der Waals surface area contributed by atoms with Crippen LogP contribution in [0.2, 0.25) is 0 Å². The average molecular weight is 378 g/mol. The summed E-state index contributed by atoms with van der Waals surface area (Å²) in [5, 5.41) is 30.4. The lowest BCUT2D eigenvalue weighted by atomic mass is 9.97. The highest BCUT2D eigenvalue weighted by Gasteiger charge is 2.46. The molecule has 8 heteroatoms. The molecule has 146 valence electrons. The Hall–Kier alpha value is -2.42. The number of carbonyl (C=O) groups excluding carboxylic acids is 2. The molecule has 2 aliphatic rings. The minimum Gasteiger partial charge on any atom is -0.507 e. The number of ketones is 1. The Labute approximate surface area is 156 Å². The molecule has 0 saturated carbocycles. The predicted octanol–water partition coefficient (Wildman–Crippen LogP) is 1.03. The Morgan fingerprint density at radius 3 is 2.67 bits per heavy atom. The third kappa shape index (κ3) is 4.13. The molecule has 27 heavy (non-hydrogen) atoms. The van der Waals surface area contributed by atoms with Gasteiger partial charge in [-0.2, -0.15) is 0 Å². The van der Waals surface area contributed by atoms with Gasteiger partial charge in [0.1, 0.15) is 35.4 Å². The molecule has 1 saturated heterocycles. The number of esters is 1. The number of ether oxygens (including phenoxy) is 3. The molecule has 3 N–H and O–H groups in total. The zero-order valence-electron chi connectivity index (χ0n) is 15.0. The van der Waals surface area contributed by atoms with Crippen LogP contribution >= 0.6 is 0 Å². The molecular weight excluding hydrogens is 356 g/mol. The SMILES string of the molecule is COc1cc(O)c2c(c1)[C@H]1O[C@@H]1C[C@H](O)[C@H](O)C(=O)C=CC[C@H](C)OC2=O. The van der Waals surface area contributed by atoms with Gasteiger partial charge in [0, 0.05) is 24.5 Å². The van der Waals surface area contributed by atoms with E-state index in [1.807, 2.05) is 0 Å². The molecule has 0 radical (unpaired) electrons. The number of methoxy groups -OCH3 is 1. The summed E-state index contributed by atoms with van der Waals surface area (Å²) >= 11 is 0. The van der Waals surface area contributed by atoms with E-state index in [9.17, 15) is 24.9 Å². The molecule has 1 fully saturated rings. The van der Waals surface area contributed by atoms with Crippen LogP contribution in [0.15, 0.2) is 24.3 Å². The molecule has 1 aromatic carbocycles. The number of aliphatic hydroxyl groups excluding tert-OH is 2. The van der Waals surface area contributed by atoms with Crippen molar-refractivity contribution in [2.75, 3.05) is 7.11 Å². The second kappa shape index (κ2) is 7.67. The van der Waals surface area contributed by atoms with Gasteiger partial charge in [0.05, 0.1) is 19.3 Å². The van der Waals surface area contributed by atoms with Crippen molar-refractivity contribution in [3.63, 3.8) is 0 Å². The minimum atomic E-state index is -1.56. The quantitative estimate of drug-likeness (QED) is 0.489. The standard InChI is InChI=1S/C19H22O8/c1-9-4-3-5-12(20)17(23)14(22)8-15-18(27-15)11-6-10(25-2)7-13(21)16(11)19(24)26-9/h3,5-7,9,14-15,17-18,21-23H,4,8H2,1-2H3/t9-,14-,15+,17+,18+/m0/s1. The second-order valence-corrected chi connectivity index (χ2v) is 6.71. The van der Waals surface area contributed by atoms with E-state index in [1.165, 1.54) is 19.3 Å². The third-order valence-corrected chi connectivity index (χ3v) is 4.64. The van der Waals surface area contributed by atoms with Gasteiger partial charge in [-0.1, -0.05) is 6.08 Å². The predicted molar refractivity (Wildman–Crippen MR) is 92.5 cm³/mol. The fourth-order valence-electron chi connectivity index (χ4n) is 3.10. The summed E-state index contributed by atoms with van der Waals surface area (Å²) in [6.45, 7) is 1.64. The molecule has 3 rings (SSSR count). The van der Waals surface area contributed by atoms with Gasteiger partial charge >= 0.3 is 5.97 Å². The van der Waals surface area contributed by atoms with E-state index in [4.69, 9.17) is 14.2 Å². The summed E-state index contributed by atoms with van der Waals surface area (Å²) in [6.07, 6.45) is -1.72. The summed E-state index contributed by atoms with van der Waals surface area (Å²) in [7, 11) is 1.42. The number of fused-ring (bicyclic) bond motifs is 3. The molecule has 0 spiro atoms.